The molecule has 0 aromatic heterocycles. The number of ether oxygens (including phenoxy) is 2. The molecule has 2 aromatic rings. The van der Waals surface area contributed by atoms with Gasteiger partial charge in [-0.15, -0.1) is 0 Å². The van der Waals surface area contributed by atoms with E-state index < -0.39 is 17.7 Å². The van der Waals surface area contributed by atoms with Gasteiger partial charge in [-0.1, -0.05) is 18.2 Å². The summed E-state index contributed by atoms with van der Waals surface area (Å²) in [6.45, 7) is 1.07. The van der Waals surface area contributed by atoms with Crippen LogP contribution in [0.1, 0.15) is 17.3 Å². The molecule has 1 atom stereocenters. The van der Waals surface area contributed by atoms with Gasteiger partial charge in [0.05, 0.1) is 0 Å². The van der Waals surface area contributed by atoms with Crippen molar-refractivity contribution in [1.82, 2.24) is 0 Å². The first-order chi connectivity index (χ1) is 11.0. The average Bonchev–Trinajstić information content (AvgIpc) is 2.54. The summed E-state index contributed by atoms with van der Waals surface area (Å²) in [5.74, 6) is -2.07. The van der Waals surface area contributed by atoms with E-state index in [4.69, 9.17) is 9.47 Å². The molecule has 0 radical (unpaired) electrons. The second-order valence-electron chi connectivity index (χ2n) is 4.91. The largest absolute Gasteiger partial charge is 0.491 e. The third-order valence-electron chi connectivity index (χ3n) is 3.03. The number of rotatable bonds is 7. The van der Waals surface area contributed by atoms with Crippen molar-refractivity contribution in [3.8, 4) is 11.5 Å². The van der Waals surface area contributed by atoms with Crippen LogP contribution in [0, 0.1) is 11.6 Å². The second-order valence-corrected chi connectivity index (χ2v) is 4.91. The van der Waals surface area contributed by atoms with Crippen LogP contribution in [0.25, 0.3) is 0 Å². The Morgan fingerprint density at radius 1 is 1.13 bits per heavy atom. The van der Waals surface area contributed by atoms with Crippen LogP contribution in [-0.2, 0) is 0 Å². The highest BCUT2D eigenvalue weighted by Gasteiger charge is 2.12. The van der Waals surface area contributed by atoms with E-state index in [1.165, 1.54) is 19.1 Å². The molecule has 2 aromatic carbocycles. The van der Waals surface area contributed by atoms with Crippen molar-refractivity contribution >= 4 is 5.78 Å². The SMILES string of the molecule is CC(=O)c1cccc(OC[C@H](O)COc2cccc(F)c2F)c1. The Bertz CT molecular complexity index is 688. The summed E-state index contributed by atoms with van der Waals surface area (Å²) in [4.78, 5) is 11.3. The maximum absolute atomic E-state index is 13.4. The van der Waals surface area contributed by atoms with Gasteiger partial charge in [0.1, 0.15) is 25.1 Å². The molecule has 0 saturated heterocycles. The van der Waals surface area contributed by atoms with Gasteiger partial charge in [0, 0.05) is 5.56 Å². The van der Waals surface area contributed by atoms with Crippen molar-refractivity contribution in [2.45, 2.75) is 13.0 Å². The van der Waals surface area contributed by atoms with Gasteiger partial charge < -0.3 is 14.6 Å². The van der Waals surface area contributed by atoms with Gasteiger partial charge in [-0.2, -0.15) is 4.39 Å². The highest BCUT2D eigenvalue weighted by Crippen LogP contribution is 2.19. The van der Waals surface area contributed by atoms with E-state index in [-0.39, 0.29) is 24.7 Å². The number of benzene rings is 2. The van der Waals surface area contributed by atoms with Crippen LogP contribution < -0.4 is 9.47 Å². The zero-order valence-electron chi connectivity index (χ0n) is 12.5. The summed E-state index contributed by atoms with van der Waals surface area (Å²) in [6, 6.07) is 10.1. The van der Waals surface area contributed by atoms with Crippen LogP contribution >= 0.6 is 0 Å². The molecule has 0 bridgehead atoms. The van der Waals surface area contributed by atoms with Crippen LogP contribution in [0.15, 0.2) is 42.5 Å². The Morgan fingerprint density at radius 2 is 1.83 bits per heavy atom. The summed E-state index contributed by atoms with van der Waals surface area (Å²) >= 11 is 0. The Hall–Kier alpha value is -2.47. The first kappa shape index (κ1) is 16.9. The first-order valence-corrected chi connectivity index (χ1v) is 6.96. The number of ketones is 1. The molecular formula is C17H16F2O4. The predicted molar refractivity (Wildman–Crippen MR) is 79.8 cm³/mol. The van der Waals surface area contributed by atoms with Gasteiger partial charge in [-0.05, 0) is 31.2 Å². The van der Waals surface area contributed by atoms with Crippen molar-refractivity contribution in [3.63, 3.8) is 0 Å². The molecule has 6 heteroatoms. The summed E-state index contributed by atoms with van der Waals surface area (Å²) in [5.41, 5.74) is 0.495. The van der Waals surface area contributed by atoms with Crippen molar-refractivity contribution in [2.75, 3.05) is 13.2 Å². The van der Waals surface area contributed by atoms with E-state index in [1.54, 1.807) is 24.3 Å². The van der Waals surface area contributed by atoms with Crippen LogP contribution in [0.3, 0.4) is 0 Å². The number of carbonyl (C=O) groups is 1. The topological polar surface area (TPSA) is 55.8 Å². The fraction of sp³-hybridized carbons (Fsp3) is 0.235. The van der Waals surface area contributed by atoms with Gasteiger partial charge in [-0.25, -0.2) is 4.39 Å². The molecule has 0 aliphatic rings. The Balaban J connectivity index is 1.85. The normalized spacial score (nSPS) is 11.8. The van der Waals surface area contributed by atoms with E-state index in [1.807, 2.05) is 0 Å². The van der Waals surface area contributed by atoms with Crippen LogP contribution in [0.5, 0.6) is 11.5 Å². The number of halogens is 2. The molecule has 23 heavy (non-hydrogen) atoms. The minimum absolute atomic E-state index is 0.0964. The zero-order valence-corrected chi connectivity index (χ0v) is 12.5. The molecule has 122 valence electrons. The minimum Gasteiger partial charge on any atom is -0.491 e. The van der Waals surface area contributed by atoms with E-state index in [0.717, 1.165) is 6.07 Å². The van der Waals surface area contributed by atoms with Crippen molar-refractivity contribution in [1.29, 1.82) is 0 Å². The first-order valence-electron chi connectivity index (χ1n) is 6.96. The van der Waals surface area contributed by atoms with Gasteiger partial charge in [0.2, 0.25) is 5.82 Å². The third kappa shape index (κ3) is 4.75. The number of Topliss-reactive ketones (excluding diaryl/α,β-unsaturated/α-hetero) is 1. The molecule has 1 N–H and O–H groups in total. The number of aliphatic hydroxyl groups is 1. The average molecular weight is 322 g/mol. The zero-order chi connectivity index (χ0) is 16.8. The standard InChI is InChI=1S/C17H16F2O4/c1-11(20)12-4-2-5-14(8-12)22-9-13(21)10-23-16-7-3-6-15(18)17(16)19/h2-8,13,21H,9-10H2,1H3/t13-/m0/s1. The summed E-state index contributed by atoms with van der Waals surface area (Å²) < 4.78 is 36.8. The molecule has 4 nitrogen and oxygen atoms in total. The van der Waals surface area contributed by atoms with Gasteiger partial charge in [0.25, 0.3) is 0 Å². The smallest absolute Gasteiger partial charge is 0.200 e. The fourth-order valence-electron chi connectivity index (χ4n) is 1.83. The quantitative estimate of drug-likeness (QED) is 0.796. The predicted octanol–water partition coefficient (Wildman–Crippen LogP) is 2.99. The van der Waals surface area contributed by atoms with Crippen LogP contribution in [0.2, 0.25) is 0 Å². The van der Waals surface area contributed by atoms with Crippen molar-refractivity contribution < 1.29 is 28.2 Å². The number of aliphatic hydroxyl groups excluding tert-OH is 1. The molecule has 0 aliphatic carbocycles. The highest BCUT2D eigenvalue weighted by atomic mass is 19.2. The third-order valence-corrected chi connectivity index (χ3v) is 3.03. The lowest BCUT2D eigenvalue weighted by Crippen LogP contribution is -2.25. The van der Waals surface area contributed by atoms with Crippen LogP contribution in [0.4, 0.5) is 8.78 Å². The van der Waals surface area contributed by atoms with E-state index in [9.17, 15) is 18.7 Å². The molecule has 0 heterocycles. The molecule has 2 rings (SSSR count). The molecule has 0 unspecified atom stereocenters. The Morgan fingerprint density at radius 3 is 2.57 bits per heavy atom. The Labute approximate surface area is 132 Å². The Kier molecular flexibility index (Phi) is 5.65. The summed E-state index contributed by atoms with van der Waals surface area (Å²) in [5, 5.41) is 9.78. The monoisotopic (exact) mass is 322 g/mol. The molecular weight excluding hydrogens is 306 g/mol. The van der Waals surface area contributed by atoms with Gasteiger partial charge in [-0.3, -0.25) is 4.79 Å². The van der Waals surface area contributed by atoms with Crippen molar-refractivity contribution in [2.24, 2.45) is 0 Å². The molecule has 0 amide bonds. The lowest BCUT2D eigenvalue weighted by molar-refractivity contribution is 0.0609. The summed E-state index contributed by atoms with van der Waals surface area (Å²) in [7, 11) is 0. The molecule has 0 fully saturated rings. The van der Waals surface area contributed by atoms with Crippen molar-refractivity contribution in [3.05, 3.63) is 59.7 Å². The second kappa shape index (κ2) is 7.69. The van der Waals surface area contributed by atoms with E-state index in [0.29, 0.717) is 11.3 Å². The highest BCUT2D eigenvalue weighted by molar-refractivity contribution is 5.94. The minimum atomic E-state index is -1.10. The maximum Gasteiger partial charge on any atom is 0.200 e. The van der Waals surface area contributed by atoms with Gasteiger partial charge >= 0.3 is 0 Å². The molecule has 0 spiro atoms. The molecule has 0 aliphatic heterocycles. The van der Waals surface area contributed by atoms with E-state index in [2.05, 4.69) is 0 Å². The lowest BCUT2D eigenvalue weighted by atomic mass is 10.1. The molecule has 0 saturated carbocycles. The number of hydrogen-bond acceptors (Lipinski definition) is 4. The van der Waals surface area contributed by atoms with Crippen LogP contribution in [-0.4, -0.2) is 30.2 Å². The number of hydrogen-bond donors (Lipinski definition) is 1. The summed E-state index contributed by atoms with van der Waals surface area (Å²) in [6.07, 6.45) is -1.04. The van der Waals surface area contributed by atoms with Gasteiger partial charge in [0.15, 0.2) is 17.3 Å². The van der Waals surface area contributed by atoms with E-state index >= 15 is 0 Å². The fourth-order valence-corrected chi connectivity index (χ4v) is 1.83. The number of carbonyl (C=O) groups excluding carboxylic acids is 1. The maximum atomic E-state index is 13.4. The lowest BCUT2D eigenvalue weighted by Gasteiger charge is -2.14.